The lowest BCUT2D eigenvalue weighted by atomic mass is 9.94. The molecule has 0 radical (unpaired) electrons. The van der Waals surface area contributed by atoms with Crippen LogP contribution in [0, 0.1) is 0 Å². The van der Waals surface area contributed by atoms with Crippen molar-refractivity contribution >= 4 is 11.8 Å². The summed E-state index contributed by atoms with van der Waals surface area (Å²) in [5, 5.41) is 231. The molecule has 0 spiro atoms. The summed E-state index contributed by atoms with van der Waals surface area (Å²) in [6.07, 6.45) is -66.4. The van der Waals surface area contributed by atoms with Crippen molar-refractivity contribution in [2.75, 3.05) is 46.2 Å². The zero-order valence-corrected chi connectivity index (χ0v) is 44.7. The van der Waals surface area contributed by atoms with E-state index in [0.29, 0.717) is 0 Å². The minimum Gasteiger partial charge on any atom is -0.394 e. The highest BCUT2D eigenvalue weighted by Crippen LogP contribution is 2.38. The van der Waals surface area contributed by atoms with E-state index in [1.807, 2.05) is 0 Å². The topological polar surface area (TPSA) is 603 Å². The second-order valence-corrected chi connectivity index (χ2v) is 21.1. The molecule has 0 aromatic carbocycles. The molecule has 7 aliphatic heterocycles. The van der Waals surface area contributed by atoms with Gasteiger partial charge >= 0.3 is 0 Å². The predicted molar refractivity (Wildman–Crippen MR) is 255 cm³/mol. The second kappa shape index (κ2) is 29.9. The maximum absolute atomic E-state index is 12.8. The number of rotatable bonds is 21. The molecule has 7 rings (SSSR count). The van der Waals surface area contributed by atoms with Crippen molar-refractivity contribution in [2.45, 2.75) is 229 Å². The molecule has 35 atom stereocenters. The van der Waals surface area contributed by atoms with Gasteiger partial charge in [0.25, 0.3) is 0 Å². The van der Waals surface area contributed by atoms with E-state index in [-0.39, 0.29) is 0 Å². The Hall–Kier alpha value is -2.42. The molecule has 38 nitrogen and oxygen atoms in total. The number of nitrogens with one attached hydrogen (secondary N) is 2. The van der Waals surface area contributed by atoms with E-state index in [9.17, 15) is 117 Å². The van der Waals surface area contributed by atoms with Crippen LogP contribution in [-0.4, -0.2) is 380 Å². The molecule has 0 aromatic rings. The van der Waals surface area contributed by atoms with Crippen molar-refractivity contribution in [3.8, 4) is 0 Å². The molecule has 0 aromatic heterocycles. The van der Waals surface area contributed by atoms with E-state index in [0.717, 1.165) is 13.8 Å². The largest absolute Gasteiger partial charge is 0.394 e. The SMILES string of the molecule is CC(=O)N[C@H]1[C@@H](O[C@H]2[C@@H](O[C@H]3[C@@H](O[C@H]4[C@H](O)[C@@H](CO[C@H]5O[C@H](CO)[C@H](O)[C@H](O)[C@H]5O)OC(O)[C@@H]4O)O[C@H](CO)[C@@H](O)[C@@H]3O)O[C@H](CO)[C@@H](O[C@@H]3O[C@H](CO)[C@H](O)[C@H](O[C@@H]4O[C@H](CO)[C@H](O)[C@H](O)[C@H]4O)[C@H]3NC(C)=O)[C@@H]2O)O[C@H](CO)[C@@H](O)[C@@H]1O. The number of hydrogen-bond donors (Lipinski definition) is 23. The average Bonchev–Trinajstić information content (AvgIpc) is 2.76. The molecule has 7 saturated heterocycles. The highest BCUT2D eigenvalue weighted by molar-refractivity contribution is 5.73. The summed E-state index contributed by atoms with van der Waals surface area (Å²) in [5.74, 6) is -1.77. The lowest BCUT2D eigenvalue weighted by molar-refractivity contribution is -0.408. The molecule has 7 aliphatic rings. The maximum Gasteiger partial charge on any atom is 0.217 e. The van der Waals surface area contributed by atoms with Crippen molar-refractivity contribution in [3.63, 3.8) is 0 Å². The maximum atomic E-state index is 12.8. The fraction of sp³-hybridized carbons (Fsp3) is 0.957. The van der Waals surface area contributed by atoms with Crippen LogP contribution in [0.4, 0.5) is 0 Å². The van der Waals surface area contributed by atoms with Gasteiger partial charge in [0.15, 0.2) is 44.0 Å². The summed E-state index contributed by atoms with van der Waals surface area (Å²) in [7, 11) is 0. The lowest BCUT2D eigenvalue weighted by Crippen LogP contribution is -2.71. The summed E-state index contributed by atoms with van der Waals surface area (Å²) in [6.45, 7) is -5.06. The van der Waals surface area contributed by atoms with Gasteiger partial charge in [-0.1, -0.05) is 0 Å². The van der Waals surface area contributed by atoms with Crippen molar-refractivity contribution in [1.29, 1.82) is 0 Å². The number of ether oxygens (including phenoxy) is 13. The first-order valence-corrected chi connectivity index (χ1v) is 26.6. The molecule has 7 fully saturated rings. The highest BCUT2D eigenvalue weighted by Gasteiger charge is 2.59. The Kier molecular flexibility index (Phi) is 24.6. The third kappa shape index (κ3) is 14.7. The Morgan fingerprint density at radius 2 is 0.667 bits per heavy atom. The van der Waals surface area contributed by atoms with Gasteiger partial charge in [-0.05, 0) is 0 Å². The Labute approximate surface area is 475 Å². The molecule has 84 heavy (non-hydrogen) atoms. The number of carbonyl (C=O) groups is 2. The average molecular weight is 1240 g/mol. The van der Waals surface area contributed by atoms with Gasteiger partial charge in [-0.25, -0.2) is 0 Å². The van der Waals surface area contributed by atoms with E-state index in [2.05, 4.69) is 10.6 Å². The smallest absolute Gasteiger partial charge is 0.217 e. The quantitative estimate of drug-likeness (QED) is 0.0507. The van der Waals surface area contributed by atoms with E-state index < -0.39 is 273 Å². The Morgan fingerprint density at radius 1 is 0.310 bits per heavy atom. The molecule has 38 heteroatoms. The van der Waals surface area contributed by atoms with Crippen molar-refractivity contribution in [2.24, 2.45) is 0 Å². The molecule has 7 heterocycles. The number of carbonyl (C=O) groups excluding carboxylic acids is 2. The van der Waals surface area contributed by atoms with E-state index in [4.69, 9.17) is 61.6 Å². The number of aliphatic hydroxyl groups is 21. The van der Waals surface area contributed by atoms with Crippen LogP contribution in [0.1, 0.15) is 13.8 Å². The van der Waals surface area contributed by atoms with Crippen LogP contribution in [0.15, 0.2) is 0 Å². The molecular formula is C46H78N2O36. The van der Waals surface area contributed by atoms with Gasteiger partial charge in [0.2, 0.25) is 11.8 Å². The Bertz CT molecular complexity index is 2060. The summed E-state index contributed by atoms with van der Waals surface area (Å²) < 4.78 is 75.3. The van der Waals surface area contributed by atoms with Crippen LogP contribution < -0.4 is 10.6 Å². The number of amides is 2. The number of aliphatic hydroxyl groups excluding tert-OH is 21. The zero-order chi connectivity index (χ0) is 61.9. The first-order valence-electron chi connectivity index (χ1n) is 26.6. The van der Waals surface area contributed by atoms with Gasteiger partial charge in [-0.2, -0.15) is 0 Å². The normalized spacial score (nSPS) is 50.3. The minimum atomic E-state index is -2.40. The van der Waals surface area contributed by atoms with Crippen LogP contribution in [0.3, 0.4) is 0 Å². The fourth-order valence-corrected chi connectivity index (χ4v) is 10.7. The van der Waals surface area contributed by atoms with Crippen molar-refractivity contribution in [1.82, 2.24) is 10.6 Å². The second-order valence-electron chi connectivity index (χ2n) is 21.1. The molecule has 0 saturated carbocycles. The van der Waals surface area contributed by atoms with Crippen LogP contribution in [0.5, 0.6) is 0 Å². The summed E-state index contributed by atoms with van der Waals surface area (Å²) in [4.78, 5) is 25.4. The van der Waals surface area contributed by atoms with Crippen LogP contribution >= 0.6 is 0 Å². The van der Waals surface area contributed by atoms with Gasteiger partial charge in [-0.15, -0.1) is 0 Å². The molecule has 23 N–H and O–H groups in total. The highest BCUT2D eigenvalue weighted by atomic mass is 16.8. The molecule has 0 bridgehead atoms. The minimum absolute atomic E-state index is 0.854. The molecule has 488 valence electrons. The molecule has 1 unspecified atom stereocenters. The van der Waals surface area contributed by atoms with Gasteiger partial charge in [0.05, 0.1) is 46.2 Å². The van der Waals surface area contributed by atoms with Crippen LogP contribution in [-0.2, 0) is 71.2 Å². The molecule has 2 amide bonds. The first-order chi connectivity index (χ1) is 39.7. The van der Waals surface area contributed by atoms with Gasteiger partial charge in [-0.3, -0.25) is 9.59 Å². The van der Waals surface area contributed by atoms with E-state index in [1.54, 1.807) is 0 Å². The Balaban J connectivity index is 1.22. The van der Waals surface area contributed by atoms with Gasteiger partial charge in [0.1, 0.15) is 171 Å². The monoisotopic (exact) mass is 1230 g/mol. The lowest BCUT2D eigenvalue weighted by Gasteiger charge is -2.52. The summed E-state index contributed by atoms with van der Waals surface area (Å²) >= 11 is 0. The van der Waals surface area contributed by atoms with E-state index >= 15 is 0 Å². The predicted octanol–water partition coefficient (Wildman–Crippen LogP) is -16.0. The number of hydrogen-bond acceptors (Lipinski definition) is 36. The van der Waals surface area contributed by atoms with Crippen molar-refractivity contribution < 1.29 is 178 Å². The summed E-state index contributed by atoms with van der Waals surface area (Å²) in [6, 6.07) is -3.64. The third-order valence-corrected chi connectivity index (χ3v) is 15.3. The third-order valence-electron chi connectivity index (χ3n) is 15.3. The van der Waals surface area contributed by atoms with Crippen LogP contribution in [0.25, 0.3) is 0 Å². The Morgan fingerprint density at radius 3 is 1.19 bits per heavy atom. The van der Waals surface area contributed by atoms with Gasteiger partial charge < -0.3 is 179 Å². The molecule has 0 aliphatic carbocycles. The van der Waals surface area contributed by atoms with Crippen molar-refractivity contribution in [3.05, 3.63) is 0 Å². The zero-order valence-electron chi connectivity index (χ0n) is 44.7. The van der Waals surface area contributed by atoms with E-state index in [1.165, 1.54) is 0 Å². The standard InChI is InChI=1S/C46H78N2O36/c1-10(55)47-19-27(63)21(57)12(3-49)74-41(19)83-39-33(69)35(80-42-20(48-11(2)56)36(25(61)16(7-53)75-42)81-44-32(68)29(65)23(59)14(5-51)77-44)17(8-54)79-46(39)84-38-30(66)24(60)15(6-52)78-45(38)82-37-26(62)18(73-40(71)34(37)70)9-72-43-31(67)28(64)22(58)13(4-50)76-43/h12-46,49-54,57-71H,3-9H2,1-2H3,(H,47,55)(H,48,56)/t12-,13-,14-,15-,16-,17-,18-,19-,20-,21-,22+,23+,24-,25+,26-,27-,28+,29+,30+,31-,32-,33+,34-,35-,36-,37+,38-,39-,40?,41-,42+,43+,44+,45-,46-/m1/s1. The fourth-order valence-electron chi connectivity index (χ4n) is 10.7. The summed E-state index contributed by atoms with van der Waals surface area (Å²) in [5.41, 5.74) is 0. The molecular weight excluding hydrogens is 1160 g/mol. The van der Waals surface area contributed by atoms with Gasteiger partial charge in [0, 0.05) is 13.8 Å². The van der Waals surface area contributed by atoms with Crippen LogP contribution in [0.2, 0.25) is 0 Å². The first kappa shape index (κ1) is 69.1.